The molecular formula is C25H28F3N3O2S. The number of unbranched alkanes of at least 4 members (excludes halogenated alkanes) is 1. The molecule has 0 radical (unpaired) electrons. The Labute approximate surface area is 202 Å². The highest BCUT2D eigenvalue weighted by Gasteiger charge is 2.31. The number of nitrogens with one attached hydrogen (secondary N) is 1. The van der Waals surface area contributed by atoms with Gasteiger partial charge in [0.25, 0.3) is 5.91 Å². The van der Waals surface area contributed by atoms with E-state index in [1.807, 2.05) is 19.2 Å². The molecule has 0 aromatic heterocycles. The van der Waals surface area contributed by atoms with Crippen LogP contribution in [0.3, 0.4) is 0 Å². The molecule has 0 unspecified atom stereocenters. The van der Waals surface area contributed by atoms with Gasteiger partial charge >= 0.3 is 6.18 Å². The topological polar surface area (TPSA) is 52.7 Å². The molecule has 0 spiro atoms. The van der Waals surface area contributed by atoms with Gasteiger partial charge in [-0.1, -0.05) is 49.4 Å². The van der Waals surface area contributed by atoms with Gasteiger partial charge in [0.2, 0.25) is 5.91 Å². The number of thioether (sulfide) groups is 1. The fourth-order valence-electron chi connectivity index (χ4n) is 3.46. The summed E-state index contributed by atoms with van der Waals surface area (Å²) in [6.45, 7) is 4.14. The number of nitrogens with zero attached hydrogens (tertiary/aromatic N) is 2. The van der Waals surface area contributed by atoms with Crippen LogP contribution in [-0.4, -0.2) is 49.9 Å². The molecule has 0 atom stereocenters. The summed E-state index contributed by atoms with van der Waals surface area (Å²) in [6, 6.07) is 11.9. The Bertz CT molecular complexity index is 1040. The Morgan fingerprint density at radius 2 is 1.82 bits per heavy atom. The van der Waals surface area contributed by atoms with Gasteiger partial charge in [0, 0.05) is 18.0 Å². The monoisotopic (exact) mass is 491 g/mol. The van der Waals surface area contributed by atoms with Crippen LogP contribution in [0.1, 0.15) is 30.9 Å². The van der Waals surface area contributed by atoms with Gasteiger partial charge in [0.15, 0.2) is 0 Å². The van der Waals surface area contributed by atoms with Crippen LogP contribution >= 0.6 is 11.8 Å². The van der Waals surface area contributed by atoms with Gasteiger partial charge in [-0.2, -0.15) is 13.2 Å². The summed E-state index contributed by atoms with van der Waals surface area (Å²) >= 11 is 1.24. The van der Waals surface area contributed by atoms with Crippen molar-refractivity contribution in [2.45, 2.75) is 30.8 Å². The second-order valence-electron chi connectivity index (χ2n) is 8.10. The van der Waals surface area contributed by atoms with Crippen LogP contribution < -0.4 is 10.2 Å². The third-order valence-corrected chi connectivity index (χ3v) is 6.46. The molecule has 0 fully saturated rings. The van der Waals surface area contributed by atoms with Crippen LogP contribution in [0.4, 0.5) is 18.9 Å². The average molecular weight is 492 g/mol. The second kappa shape index (κ2) is 11.6. The van der Waals surface area contributed by atoms with Crippen LogP contribution in [-0.2, 0) is 15.8 Å². The molecule has 182 valence electrons. The van der Waals surface area contributed by atoms with Gasteiger partial charge < -0.3 is 10.2 Å². The molecule has 1 N–H and O–H groups in total. The molecule has 2 aromatic rings. The van der Waals surface area contributed by atoms with E-state index in [4.69, 9.17) is 0 Å². The number of carbonyl (C=O) groups excluding carboxylic acids is 2. The zero-order valence-electron chi connectivity index (χ0n) is 19.2. The van der Waals surface area contributed by atoms with E-state index < -0.39 is 11.7 Å². The lowest BCUT2D eigenvalue weighted by Crippen LogP contribution is -2.44. The summed E-state index contributed by atoms with van der Waals surface area (Å²) in [5.41, 5.74) is 0.362. The lowest BCUT2D eigenvalue weighted by atomic mass is 10.1. The van der Waals surface area contributed by atoms with Crippen molar-refractivity contribution >= 4 is 35.3 Å². The molecule has 5 nitrogen and oxygen atoms in total. The zero-order chi connectivity index (χ0) is 24.7. The highest BCUT2D eigenvalue weighted by atomic mass is 32.2. The maximum absolute atomic E-state index is 13.2. The summed E-state index contributed by atoms with van der Waals surface area (Å²) in [7, 11) is 2.00. The van der Waals surface area contributed by atoms with Crippen LogP contribution in [0, 0.1) is 0 Å². The van der Waals surface area contributed by atoms with Gasteiger partial charge in [-0.25, -0.2) is 0 Å². The third-order valence-electron chi connectivity index (χ3n) is 5.38. The number of carbonyl (C=O) groups is 2. The number of fused-ring (bicyclic) bond motifs is 1. The first-order valence-electron chi connectivity index (χ1n) is 11.1. The van der Waals surface area contributed by atoms with Crippen molar-refractivity contribution in [2.24, 2.45) is 0 Å². The smallest absolute Gasteiger partial charge is 0.353 e. The molecular weight excluding hydrogens is 463 g/mol. The van der Waals surface area contributed by atoms with Crippen molar-refractivity contribution in [2.75, 3.05) is 38.1 Å². The molecule has 34 heavy (non-hydrogen) atoms. The van der Waals surface area contributed by atoms with Crippen molar-refractivity contribution in [1.82, 2.24) is 10.2 Å². The molecule has 0 bridgehead atoms. The van der Waals surface area contributed by atoms with Gasteiger partial charge in [0.05, 0.1) is 16.2 Å². The first-order valence-corrected chi connectivity index (χ1v) is 11.9. The van der Waals surface area contributed by atoms with E-state index in [2.05, 4.69) is 17.1 Å². The van der Waals surface area contributed by atoms with Crippen molar-refractivity contribution < 1.29 is 22.8 Å². The van der Waals surface area contributed by atoms with Crippen LogP contribution in [0.15, 0.2) is 58.3 Å². The first kappa shape index (κ1) is 25.8. The van der Waals surface area contributed by atoms with Crippen LogP contribution in [0.5, 0.6) is 0 Å². The molecule has 9 heteroatoms. The van der Waals surface area contributed by atoms with Crippen LogP contribution in [0.25, 0.3) is 6.08 Å². The Morgan fingerprint density at radius 1 is 1.12 bits per heavy atom. The minimum atomic E-state index is -4.42. The van der Waals surface area contributed by atoms with E-state index in [9.17, 15) is 22.8 Å². The molecule has 1 aliphatic rings. The lowest BCUT2D eigenvalue weighted by molar-refractivity contribution is -0.137. The average Bonchev–Trinajstić information content (AvgIpc) is 2.80. The molecule has 0 aliphatic carbocycles. The molecule has 2 amide bonds. The Kier molecular flexibility index (Phi) is 8.79. The maximum Gasteiger partial charge on any atom is 0.416 e. The Hall–Kier alpha value is -2.78. The number of hydrogen-bond donors (Lipinski definition) is 1. The second-order valence-corrected chi connectivity index (χ2v) is 9.18. The van der Waals surface area contributed by atoms with Crippen molar-refractivity contribution in [3.63, 3.8) is 0 Å². The standard InChI is InChI=1S/C25H28F3N3O2S/c1-3-4-14-30(2)15-13-29-23(32)17-31-20-7-5-6-8-21(20)34-22(24(31)33)16-18-9-11-19(12-10-18)25(26,27)28/h5-12,16H,3-4,13-15,17H2,1-2H3,(H,29,32)/b22-16-. The van der Waals surface area contributed by atoms with Crippen LogP contribution in [0.2, 0.25) is 0 Å². The van der Waals surface area contributed by atoms with Gasteiger partial charge in [-0.3, -0.25) is 14.5 Å². The minimum Gasteiger partial charge on any atom is -0.353 e. The molecule has 0 saturated carbocycles. The van der Waals surface area contributed by atoms with E-state index in [1.54, 1.807) is 18.2 Å². The molecule has 0 saturated heterocycles. The summed E-state index contributed by atoms with van der Waals surface area (Å²) in [5, 5.41) is 2.87. The molecule has 2 aromatic carbocycles. The number of para-hydroxylation sites is 1. The van der Waals surface area contributed by atoms with Crippen molar-refractivity contribution in [1.29, 1.82) is 0 Å². The quantitative estimate of drug-likeness (QED) is 0.500. The summed E-state index contributed by atoms with van der Waals surface area (Å²) in [5.74, 6) is -0.633. The normalized spacial score (nSPS) is 15.1. The van der Waals surface area contributed by atoms with E-state index in [0.29, 0.717) is 29.2 Å². The Balaban J connectivity index is 1.72. The number of alkyl halides is 3. The maximum atomic E-state index is 13.2. The first-order chi connectivity index (χ1) is 16.2. The number of amides is 2. The largest absolute Gasteiger partial charge is 0.416 e. The number of rotatable bonds is 9. The van der Waals surface area contributed by atoms with E-state index in [-0.39, 0.29) is 18.4 Å². The summed E-state index contributed by atoms with van der Waals surface area (Å²) < 4.78 is 38.5. The highest BCUT2D eigenvalue weighted by Crippen LogP contribution is 2.42. The van der Waals surface area contributed by atoms with Crippen molar-refractivity contribution in [3.05, 3.63) is 64.6 Å². The van der Waals surface area contributed by atoms with Gasteiger partial charge in [0.1, 0.15) is 6.54 Å². The van der Waals surface area contributed by atoms with E-state index in [1.165, 1.54) is 28.8 Å². The fraction of sp³-hybridized carbons (Fsp3) is 0.360. The predicted molar refractivity (Wildman–Crippen MR) is 129 cm³/mol. The lowest BCUT2D eigenvalue weighted by Gasteiger charge is -2.30. The Morgan fingerprint density at radius 3 is 2.50 bits per heavy atom. The number of halogens is 3. The number of hydrogen-bond acceptors (Lipinski definition) is 4. The van der Waals surface area contributed by atoms with Gasteiger partial charge in [-0.05, 0) is 55.9 Å². The van der Waals surface area contributed by atoms with E-state index >= 15 is 0 Å². The fourth-order valence-corrected chi connectivity index (χ4v) is 4.52. The summed E-state index contributed by atoms with van der Waals surface area (Å²) in [4.78, 5) is 30.5. The van der Waals surface area contributed by atoms with Gasteiger partial charge in [-0.15, -0.1) is 0 Å². The zero-order valence-corrected chi connectivity index (χ0v) is 20.0. The predicted octanol–water partition coefficient (Wildman–Crippen LogP) is 5.03. The SMILES string of the molecule is CCCCN(C)CCNC(=O)CN1C(=O)/C(=C/c2ccc(C(F)(F)F)cc2)Sc2ccccc21. The molecule has 3 rings (SSSR count). The highest BCUT2D eigenvalue weighted by molar-refractivity contribution is 8.04. The summed E-state index contributed by atoms with van der Waals surface area (Å²) in [6.07, 6.45) is -0.672. The van der Waals surface area contributed by atoms with E-state index in [0.717, 1.165) is 36.4 Å². The number of likely N-dealkylation sites (N-methyl/N-ethyl adjacent to an activating group) is 1. The third kappa shape index (κ3) is 6.87. The van der Waals surface area contributed by atoms with Crippen molar-refractivity contribution in [3.8, 4) is 0 Å². The molecule has 1 heterocycles. The molecule has 1 aliphatic heterocycles. The number of benzene rings is 2. The number of anilines is 1. The minimum absolute atomic E-state index is 0.139.